The first-order chi connectivity index (χ1) is 15.7. The van der Waals surface area contributed by atoms with Crippen LogP contribution in [0.3, 0.4) is 0 Å². The summed E-state index contributed by atoms with van der Waals surface area (Å²) in [5.74, 6) is 0.203. The zero-order chi connectivity index (χ0) is 23.6. The SMILES string of the molecule is CC(C)(C)C1CCc2c(sc(NC(=O)c3ccccc3Br)c2C(=O)NCc2ccccc2)C1. The molecule has 2 aromatic carbocycles. The highest BCUT2D eigenvalue weighted by Crippen LogP contribution is 2.44. The molecule has 6 heteroatoms. The third kappa shape index (κ3) is 5.39. The number of thiophene rings is 1. The highest BCUT2D eigenvalue weighted by molar-refractivity contribution is 9.10. The van der Waals surface area contributed by atoms with Crippen LogP contribution in [0.2, 0.25) is 0 Å². The van der Waals surface area contributed by atoms with Gasteiger partial charge in [-0.2, -0.15) is 0 Å². The summed E-state index contributed by atoms with van der Waals surface area (Å²) in [6, 6.07) is 17.2. The molecule has 0 radical (unpaired) electrons. The molecule has 1 aliphatic rings. The maximum absolute atomic E-state index is 13.4. The summed E-state index contributed by atoms with van der Waals surface area (Å²) in [6.07, 6.45) is 2.84. The number of rotatable bonds is 5. The molecule has 0 spiro atoms. The minimum Gasteiger partial charge on any atom is -0.348 e. The van der Waals surface area contributed by atoms with E-state index in [1.54, 1.807) is 17.4 Å². The summed E-state index contributed by atoms with van der Waals surface area (Å²) in [4.78, 5) is 27.6. The summed E-state index contributed by atoms with van der Waals surface area (Å²) in [6.45, 7) is 7.28. The molecule has 1 aliphatic carbocycles. The number of halogens is 1. The Morgan fingerprint density at radius 3 is 2.42 bits per heavy atom. The Morgan fingerprint density at radius 1 is 1.03 bits per heavy atom. The Labute approximate surface area is 207 Å². The summed E-state index contributed by atoms with van der Waals surface area (Å²) in [5, 5.41) is 6.75. The van der Waals surface area contributed by atoms with Crippen molar-refractivity contribution < 1.29 is 9.59 Å². The van der Waals surface area contributed by atoms with Crippen molar-refractivity contribution in [2.24, 2.45) is 11.3 Å². The summed E-state index contributed by atoms with van der Waals surface area (Å²) < 4.78 is 0.728. The number of nitrogens with one attached hydrogen (secondary N) is 2. The Kier molecular flexibility index (Phi) is 7.05. The topological polar surface area (TPSA) is 58.2 Å². The maximum Gasteiger partial charge on any atom is 0.257 e. The zero-order valence-electron chi connectivity index (χ0n) is 19.2. The number of benzene rings is 2. The van der Waals surface area contributed by atoms with E-state index in [0.717, 1.165) is 34.9 Å². The minimum atomic E-state index is -0.217. The predicted molar refractivity (Wildman–Crippen MR) is 139 cm³/mol. The number of fused-ring (bicyclic) bond motifs is 1. The molecule has 4 rings (SSSR count). The third-order valence-corrected chi connectivity index (χ3v) is 8.22. The van der Waals surface area contributed by atoms with Crippen molar-refractivity contribution in [3.8, 4) is 0 Å². The van der Waals surface area contributed by atoms with Gasteiger partial charge in [-0.15, -0.1) is 11.3 Å². The van der Waals surface area contributed by atoms with Crippen molar-refractivity contribution in [3.63, 3.8) is 0 Å². The van der Waals surface area contributed by atoms with Crippen LogP contribution in [0.4, 0.5) is 5.00 Å². The van der Waals surface area contributed by atoms with Crippen LogP contribution in [0.25, 0.3) is 0 Å². The van der Waals surface area contributed by atoms with Gasteiger partial charge in [-0.25, -0.2) is 0 Å². The quantitative estimate of drug-likeness (QED) is 0.383. The van der Waals surface area contributed by atoms with Gasteiger partial charge in [-0.1, -0.05) is 63.2 Å². The smallest absolute Gasteiger partial charge is 0.257 e. The van der Waals surface area contributed by atoms with E-state index in [-0.39, 0.29) is 17.2 Å². The molecular weight excluding hydrogens is 496 g/mol. The number of hydrogen-bond acceptors (Lipinski definition) is 3. The van der Waals surface area contributed by atoms with Gasteiger partial charge >= 0.3 is 0 Å². The van der Waals surface area contributed by atoms with E-state index in [9.17, 15) is 9.59 Å². The lowest BCUT2D eigenvalue weighted by molar-refractivity contribution is 0.0950. The second-order valence-corrected chi connectivity index (χ2v) is 11.6. The molecule has 1 unspecified atom stereocenters. The molecule has 1 atom stereocenters. The Hall–Kier alpha value is -2.44. The number of amides is 2. The summed E-state index contributed by atoms with van der Waals surface area (Å²) in [7, 11) is 0. The average Bonchev–Trinajstić information content (AvgIpc) is 3.15. The molecule has 4 nitrogen and oxygen atoms in total. The van der Waals surface area contributed by atoms with Crippen LogP contribution in [0.5, 0.6) is 0 Å². The van der Waals surface area contributed by atoms with Gasteiger partial charge < -0.3 is 10.6 Å². The monoisotopic (exact) mass is 524 g/mol. The standard InChI is InChI=1S/C27H29BrN2O2S/c1-27(2,3)18-13-14-20-22(15-18)33-26(30-24(31)19-11-7-8-12-21(19)28)23(20)25(32)29-16-17-9-5-4-6-10-17/h4-12,18H,13-16H2,1-3H3,(H,29,32)(H,30,31). The zero-order valence-corrected chi connectivity index (χ0v) is 21.6. The predicted octanol–water partition coefficient (Wildman–Crippen LogP) is 6.84. The molecule has 172 valence electrons. The fourth-order valence-electron chi connectivity index (χ4n) is 4.34. The third-order valence-electron chi connectivity index (χ3n) is 6.36. The van der Waals surface area contributed by atoms with E-state index in [2.05, 4.69) is 47.3 Å². The molecule has 0 aliphatic heterocycles. The highest BCUT2D eigenvalue weighted by Gasteiger charge is 2.34. The number of hydrogen-bond donors (Lipinski definition) is 2. The van der Waals surface area contributed by atoms with Crippen LogP contribution in [-0.4, -0.2) is 11.8 Å². The number of carbonyl (C=O) groups excluding carboxylic acids is 2. The van der Waals surface area contributed by atoms with Gasteiger partial charge in [-0.05, 0) is 69.8 Å². The van der Waals surface area contributed by atoms with Crippen LogP contribution in [0.15, 0.2) is 59.1 Å². The summed E-state index contributed by atoms with van der Waals surface area (Å²) in [5.41, 5.74) is 3.51. The van der Waals surface area contributed by atoms with Crippen LogP contribution in [-0.2, 0) is 19.4 Å². The molecule has 0 bridgehead atoms. The van der Waals surface area contributed by atoms with Gasteiger partial charge in [-0.3, -0.25) is 9.59 Å². The van der Waals surface area contributed by atoms with Gasteiger partial charge in [0.15, 0.2) is 0 Å². The van der Waals surface area contributed by atoms with Crippen molar-refractivity contribution in [1.29, 1.82) is 0 Å². The highest BCUT2D eigenvalue weighted by atomic mass is 79.9. The van der Waals surface area contributed by atoms with Gasteiger partial charge in [0.25, 0.3) is 11.8 Å². The number of anilines is 1. The average molecular weight is 526 g/mol. The lowest BCUT2D eigenvalue weighted by Crippen LogP contribution is -2.28. The first-order valence-electron chi connectivity index (χ1n) is 11.3. The molecule has 0 saturated heterocycles. The van der Waals surface area contributed by atoms with Gasteiger partial charge in [0.05, 0.1) is 11.1 Å². The van der Waals surface area contributed by atoms with Crippen molar-refractivity contribution >= 4 is 44.1 Å². The molecular formula is C27H29BrN2O2S. The normalized spacial score (nSPS) is 15.6. The number of carbonyl (C=O) groups is 2. The summed E-state index contributed by atoms with van der Waals surface area (Å²) >= 11 is 5.01. The van der Waals surface area contributed by atoms with Crippen LogP contribution in [0, 0.1) is 11.3 Å². The van der Waals surface area contributed by atoms with E-state index in [4.69, 9.17) is 0 Å². The van der Waals surface area contributed by atoms with Gasteiger partial charge in [0, 0.05) is 15.9 Å². The van der Waals surface area contributed by atoms with Crippen molar-refractivity contribution in [2.45, 2.75) is 46.6 Å². The lowest BCUT2D eigenvalue weighted by atomic mass is 9.72. The van der Waals surface area contributed by atoms with E-state index >= 15 is 0 Å². The fraction of sp³-hybridized carbons (Fsp3) is 0.333. The lowest BCUT2D eigenvalue weighted by Gasteiger charge is -2.33. The Bertz CT molecular complexity index is 1160. The van der Waals surface area contributed by atoms with Crippen molar-refractivity contribution in [3.05, 3.63) is 86.2 Å². The molecule has 3 aromatic rings. The van der Waals surface area contributed by atoms with Gasteiger partial charge in [0.1, 0.15) is 5.00 Å². The molecule has 0 fully saturated rings. The Balaban J connectivity index is 1.64. The fourth-order valence-corrected chi connectivity index (χ4v) is 6.12. The van der Waals surface area contributed by atoms with Crippen LogP contribution in [0.1, 0.15) is 63.9 Å². The van der Waals surface area contributed by atoms with Crippen molar-refractivity contribution in [1.82, 2.24) is 5.32 Å². The second kappa shape index (κ2) is 9.82. The second-order valence-electron chi connectivity index (χ2n) is 9.62. The van der Waals surface area contributed by atoms with E-state index in [1.165, 1.54) is 4.88 Å². The van der Waals surface area contributed by atoms with E-state index < -0.39 is 0 Å². The Morgan fingerprint density at radius 2 is 1.73 bits per heavy atom. The van der Waals surface area contributed by atoms with E-state index in [0.29, 0.717) is 28.6 Å². The van der Waals surface area contributed by atoms with Gasteiger partial charge in [0.2, 0.25) is 0 Å². The molecule has 1 heterocycles. The van der Waals surface area contributed by atoms with E-state index in [1.807, 2.05) is 48.5 Å². The van der Waals surface area contributed by atoms with Crippen LogP contribution < -0.4 is 10.6 Å². The molecule has 0 saturated carbocycles. The molecule has 2 N–H and O–H groups in total. The largest absolute Gasteiger partial charge is 0.348 e. The van der Waals surface area contributed by atoms with Crippen molar-refractivity contribution in [2.75, 3.05) is 5.32 Å². The molecule has 2 amide bonds. The minimum absolute atomic E-state index is 0.131. The molecule has 1 aromatic heterocycles. The maximum atomic E-state index is 13.4. The molecule has 33 heavy (non-hydrogen) atoms. The first-order valence-corrected chi connectivity index (χ1v) is 12.9. The first kappa shape index (κ1) is 23.7. The van der Waals surface area contributed by atoms with Crippen LogP contribution >= 0.6 is 27.3 Å².